The van der Waals surface area contributed by atoms with E-state index in [0.717, 1.165) is 11.5 Å². The van der Waals surface area contributed by atoms with E-state index in [4.69, 9.17) is 14.3 Å². The SMILES string of the molecule is CC(C)CC(C)(C)C(=O)NCCOCCOCCC(=O)ON(C)C(=O)CCC=O. The Bertz CT molecular complexity index is 521. The van der Waals surface area contributed by atoms with Crippen LogP contribution in [0.25, 0.3) is 0 Å². The van der Waals surface area contributed by atoms with Crippen molar-refractivity contribution in [3.8, 4) is 0 Å². The molecule has 0 saturated carbocycles. The van der Waals surface area contributed by atoms with E-state index in [0.29, 0.717) is 38.6 Å². The van der Waals surface area contributed by atoms with E-state index in [2.05, 4.69) is 19.2 Å². The molecule has 0 spiro atoms. The summed E-state index contributed by atoms with van der Waals surface area (Å²) < 4.78 is 10.7. The summed E-state index contributed by atoms with van der Waals surface area (Å²) in [5, 5.41) is 3.69. The minimum absolute atomic E-state index is 0.00318. The lowest BCUT2D eigenvalue weighted by Crippen LogP contribution is -2.39. The molecule has 0 radical (unpaired) electrons. The van der Waals surface area contributed by atoms with Crippen LogP contribution in [0.1, 0.15) is 53.4 Å². The highest BCUT2D eigenvalue weighted by atomic mass is 16.7. The maximum absolute atomic E-state index is 12.1. The van der Waals surface area contributed by atoms with Crippen molar-refractivity contribution < 1.29 is 33.5 Å². The van der Waals surface area contributed by atoms with E-state index in [-0.39, 0.29) is 31.8 Å². The fraction of sp³-hybridized carbons (Fsp3) is 0.800. The molecule has 9 nitrogen and oxygen atoms in total. The van der Waals surface area contributed by atoms with Crippen LogP contribution in [0.5, 0.6) is 0 Å². The van der Waals surface area contributed by atoms with E-state index >= 15 is 0 Å². The Labute approximate surface area is 173 Å². The first-order valence-corrected chi connectivity index (χ1v) is 9.95. The number of carbonyl (C=O) groups is 4. The molecule has 29 heavy (non-hydrogen) atoms. The molecular weight excluding hydrogens is 380 g/mol. The van der Waals surface area contributed by atoms with Crippen LogP contribution in [0.15, 0.2) is 0 Å². The predicted octanol–water partition coefficient (Wildman–Crippen LogP) is 1.49. The van der Waals surface area contributed by atoms with Crippen LogP contribution in [-0.2, 0) is 33.5 Å². The van der Waals surface area contributed by atoms with Gasteiger partial charge in [0, 0.05) is 31.8 Å². The van der Waals surface area contributed by atoms with Gasteiger partial charge in [-0.25, -0.2) is 4.79 Å². The van der Waals surface area contributed by atoms with Crippen molar-refractivity contribution in [2.45, 2.75) is 53.4 Å². The Kier molecular flexibility index (Phi) is 13.9. The van der Waals surface area contributed by atoms with Crippen LogP contribution in [0.2, 0.25) is 0 Å². The Morgan fingerprint density at radius 3 is 2.24 bits per heavy atom. The Balaban J connectivity index is 3.68. The smallest absolute Gasteiger partial charge is 0.334 e. The lowest BCUT2D eigenvalue weighted by atomic mass is 9.83. The van der Waals surface area contributed by atoms with Gasteiger partial charge in [0.1, 0.15) is 6.29 Å². The van der Waals surface area contributed by atoms with E-state index < -0.39 is 17.3 Å². The molecule has 0 fully saturated rings. The first kappa shape index (κ1) is 27.0. The molecule has 0 rings (SSSR count). The quantitative estimate of drug-likeness (QED) is 0.245. The first-order valence-electron chi connectivity index (χ1n) is 9.95. The molecule has 2 amide bonds. The van der Waals surface area contributed by atoms with Gasteiger partial charge < -0.3 is 24.4 Å². The minimum Gasteiger partial charge on any atom is -0.378 e. The van der Waals surface area contributed by atoms with Gasteiger partial charge in [0.25, 0.3) is 5.91 Å². The maximum atomic E-state index is 12.1. The van der Waals surface area contributed by atoms with Crippen LogP contribution in [0, 0.1) is 11.3 Å². The van der Waals surface area contributed by atoms with Gasteiger partial charge in [-0.1, -0.05) is 27.7 Å². The number of aldehydes is 1. The molecule has 0 saturated heterocycles. The van der Waals surface area contributed by atoms with Gasteiger partial charge in [0.2, 0.25) is 5.91 Å². The van der Waals surface area contributed by atoms with Crippen molar-refractivity contribution in [1.29, 1.82) is 0 Å². The molecule has 9 heteroatoms. The largest absolute Gasteiger partial charge is 0.378 e. The fourth-order valence-electron chi connectivity index (χ4n) is 2.66. The normalized spacial score (nSPS) is 11.2. The van der Waals surface area contributed by atoms with Crippen molar-refractivity contribution in [1.82, 2.24) is 10.4 Å². The second kappa shape index (κ2) is 14.9. The summed E-state index contributed by atoms with van der Waals surface area (Å²) >= 11 is 0. The van der Waals surface area contributed by atoms with Crippen LogP contribution in [0.4, 0.5) is 0 Å². The molecule has 0 aromatic carbocycles. The van der Waals surface area contributed by atoms with Crippen molar-refractivity contribution in [3.05, 3.63) is 0 Å². The molecule has 0 aliphatic carbocycles. The predicted molar refractivity (Wildman–Crippen MR) is 107 cm³/mol. The van der Waals surface area contributed by atoms with Gasteiger partial charge in [0.15, 0.2) is 0 Å². The zero-order chi connectivity index (χ0) is 22.3. The number of ether oxygens (including phenoxy) is 2. The van der Waals surface area contributed by atoms with Gasteiger partial charge in [0.05, 0.1) is 32.8 Å². The Morgan fingerprint density at radius 2 is 1.66 bits per heavy atom. The Hall–Kier alpha value is -2.00. The number of nitrogens with zero attached hydrogens (tertiary/aromatic N) is 1. The zero-order valence-electron chi connectivity index (χ0n) is 18.3. The summed E-state index contributed by atoms with van der Waals surface area (Å²) in [4.78, 5) is 50.3. The van der Waals surface area contributed by atoms with E-state index in [1.54, 1.807) is 0 Å². The third kappa shape index (κ3) is 13.8. The molecule has 0 bridgehead atoms. The standard InChI is InChI=1S/C20H36N2O7/c1-16(2)15-20(3,4)19(26)21-9-12-28-14-13-27-11-8-18(25)29-22(5)17(24)7-6-10-23/h10,16H,6-9,11-15H2,1-5H3,(H,21,26). The average Bonchev–Trinajstić information content (AvgIpc) is 2.63. The second-order valence-corrected chi connectivity index (χ2v) is 7.77. The fourth-order valence-corrected chi connectivity index (χ4v) is 2.66. The van der Waals surface area contributed by atoms with Crippen LogP contribution >= 0.6 is 0 Å². The highest BCUT2D eigenvalue weighted by Gasteiger charge is 2.27. The summed E-state index contributed by atoms with van der Waals surface area (Å²) in [6.45, 7) is 9.62. The van der Waals surface area contributed by atoms with Crippen LogP contribution in [0.3, 0.4) is 0 Å². The van der Waals surface area contributed by atoms with E-state index in [9.17, 15) is 19.2 Å². The zero-order valence-corrected chi connectivity index (χ0v) is 18.3. The monoisotopic (exact) mass is 416 g/mol. The number of hydrogen-bond acceptors (Lipinski definition) is 7. The second-order valence-electron chi connectivity index (χ2n) is 7.77. The number of hydroxylamine groups is 2. The number of hydrogen-bond donors (Lipinski definition) is 1. The molecule has 0 aromatic heterocycles. The van der Waals surface area contributed by atoms with Gasteiger partial charge in [-0.2, -0.15) is 5.06 Å². The number of carbonyl (C=O) groups excluding carboxylic acids is 4. The van der Waals surface area contributed by atoms with Gasteiger partial charge >= 0.3 is 5.97 Å². The average molecular weight is 417 g/mol. The number of amides is 2. The highest BCUT2D eigenvalue weighted by molar-refractivity contribution is 5.81. The van der Waals surface area contributed by atoms with E-state index in [1.165, 1.54) is 7.05 Å². The van der Waals surface area contributed by atoms with E-state index in [1.807, 2.05) is 13.8 Å². The number of rotatable bonds is 15. The molecule has 1 N–H and O–H groups in total. The number of nitrogens with one attached hydrogen (secondary N) is 1. The van der Waals surface area contributed by atoms with Gasteiger partial charge in [-0.3, -0.25) is 9.59 Å². The topological polar surface area (TPSA) is 111 Å². The molecule has 168 valence electrons. The van der Waals surface area contributed by atoms with Crippen molar-refractivity contribution in [2.75, 3.05) is 40.0 Å². The summed E-state index contributed by atoms with van der Waals surface area (Å²) in [6, 6.07) is 0. The van der Waals surface area contributed by atoms with Crippen molar-refractivity contribution in [2.24, 2.45) is 11.3 Å². The molecule has 0 atom stereocenters. The summed E-state index contributed by atoms with van der Waals surface area (Å²) in [7, 11) is 1.32. The molecule has 0 aromatic rings. The summed E-state index contributed by atoms with van der Waals surface area (Å²) in [5.41, 5.74) is -0.404. The van der Waals surface area contributed by atoms with Crippen LogP contribution in [-0.4, -0.2) is 69.2 Å². The Morgan fingerprint density at radius 1 is 1.03 bits per heavy atom. The summed E-state index contributed by atoms with van der Waals surface area (Å²) in [5.74, 6) is -0.581. The third-order valence-corrected chi connectivity index (χ3v) is 3.95. The third-order valence-electron chi connectivity index (χ3n) is 3.95. The maximum Gasteiger partial charge on any atom is 0.334 e. The molecule has 0 heterocycles. The minimum atomic E-state index is -0.598. The van der Waals surface area contributed by atoms with Gasteiger partial charge in [-0.15, -0.1) is 0 Å². The molecular formula is C20H36N2O7. The van der Waals surface area contributed by atoms with Crippen molar-refractivity contribution in [3.63, 3.8) is 0 Å². The molecule has 0 unspecified atom stereocenters. The van der Waals surface area contributed by atoms with Crippen LogP contribution < -0.4 is 5.32 Å². The molecule has 0 aliphatic heterocycles. The highest BCUT2D eigenvalue weighted by Crippen LogP contribution is 2.25. The molecule has 0 aliphatic rings. The lowest BCUT2D eigenvalue weighted by molar-refractivity contribution is -0.193. The van der Waals surface area contributed by atoms with Crippen molar-refractivity contribution >= 4 is 24.1 Å². The lowest BCUT2D eigenvalue weighted by Gasteiger charge is -2.25. The van der Waals surface area contributed by atoms with Gasteiger partial charge in [-0.05, 0) is 12.3 Å². The first-order chi connectivity index (χ1) is 13.6. The summed E-state index contributed by atoms with van der Waals surface area (Å²) in [6.07, 6.45) is 1.52.